The van der Waals surface area contributed by atoms with Crippen molar-refractivity contribution in [3.05, 3.63) is 33.8 Å². The van der Waals surface area contributed by atoms with Gasteiger partial charge in [-0.05, 0) is 36.7 Å². The Labute approximate surface area is 118 Å². The van der Waals surface area contributed by atoms with Gasteiger partial charge >= 0.3 is 0 Å². The lowest BCUT2D eigenvalue weighted by Crippen LogP contribution is -2.26. The molecule has 0 radical (unpaired) electrons. The summed E-state index contributed by atoms with van der Waals surface area (Å²) in [5.74, 6) is 0.512. The third-order valence-corrected chi connectivity index (χ3v) is 5.37. The van der Waals surface area contributed by atoms with Crippen molar-refractivity contribution in [2.24, 2.45) is 0 Å². The van der Waals surface area contributed by atoms with Crippen LogP contribution in [0, 0.1) is 0 Å². The highest BCUT2D eigenvalue weighted by atomic mass is 35.5. The van der Waals surface area contributed by atoms with Crippen LogP contribution in [0.1, 0.15) is 12.0 Å². The molecule has 0 atom stereocenters. The van der Waals surface area contributed by atoms with E-state index in [4.69, 9.17) is 23.2 Å². The third-order valence-electron chi connectivity index (χ3n) is 3.05. The van der Waals surface area contributed by atoms with Gasteiger partial charge < -0.3 is 0 Å². The van der Waals surface area contributed by atoms with E-state index in [0.717, 1.165) is 12.1 Å². The van der Waals surface area contributed by atoms with Crippen LogP contribution in [0.2, 0.25) is 10.0 Å². The second-order valence-corrected chi connectivity index (χ2v) is 7.66. The Hall–Kier alpha value is -0.290. The zero-order chi connectivity index (χ0) is 13.2. The van der Waals surface area contributed by atoms with Gasteiger partial charge in [0.1, 0.15) is 0 Å². The van der Waals surface area contributed by atoms with Crippen LogP contribution >= 0.6 is 23.2 Å². The minimum absolute atomic E-state index is 0.227. The predicted octanol–water partition coefficient (Wildman–Crippen LogP) is 2.61. The standard InChI is InChI=1S/C12H15Cl2NO2S/c13-11-2-3-12(14)10(8-11)9-15-4-1-6-18(16,17)7-5-15/h2-3,8H,1,4-7,9H2. The summed E-state index contributed by atoms with van der Waals surface area (Å²) in [4.78, 5) is 2.11. The SMILES string of the molecule is O=S1(=O)CCCN(Cc2cc(Cl)ccc2Cl)CC1. The first-order valence-corrected chi connectivity index (χ1v) is 8.41. The number of benzene rings is 1. The zero-order valence-electron chi connectivity index (χ0n) is 9.90. The molecule has 6 heteroatoms. The average Bonchev–Trinajstić information content (AvgIpc) is 2.46. The van der Waals surface area contributed by atoms with E-state index in [1.54, 1.807) is 12.1 Å². The summed E-state index contributed by atoms with van der Waals surface area (Å²) in [5.41, 5.74) is 0.948. The van der Waals surface area contributed by atoms with Gasteiger partial charge in [0.2, 0.25) is 0 Å². The van der Waals surface area contributed by atoms with E-state index >= 15 is 0 Å². The van der Waals surface area contributed by atoms with Crippen LogP contribution in [0.3, 0.4) is 0 Å². The first-order chi connectivity index (χ1) is 8.46. The Morgan fingerprint density at radius 2 is 1.94 bits per heavy atom. The minimum Gasteiger partial charge on any atom is -0.298 e. The predicted molar refractivity (Wildman–Crippen MR) is 75.0 cm³/mol. The Morgan fingerprint density at radius 1 is 1.17 bits per heavy atom. The van der Waals surface area contributed by atoms with Crippen molar-refractivity contribution in [2.75, 3.05) is 24.6 Å². The fraction of sp³-hybridized carbons (Fsp3) is 0.500. The molecular formula is C12H15Cl2NO2S. The van der Waals surface area contributed by atoms with E-state index < -0.39 is 9.84 Å². The summed E-state index contributed by atoms with van der Waals surface area (Å²) in [6.07, 6.45) is 0.681. The first-order valence-electron chi connectivity index (χ1n) is 5.83. The number of halogens is 2. The summed E-state index contributed by atoms with van der Waals surface area (Å²) in [7, 11) is -2.86. The zero-order valence-corrected chi connectivity index (χ0v) is 12.2. The summed E-state index contributed by atoms with van der Waals surface area (Å²) in [6.45, 7) is 1.99. The van der Waals surface area contributed by atoms with Crippen LogP contribution in [0.5, 0.6) is 0 Å². The molecule has 0 N–H and O–H groups in total. The lowest BCUT2D eigenvalue weighted by Gasteiger charge is -2.19. The van der Waals surface area contributed by atoms with Gasteiger partial charge in [0.25, 0.3) is 0 Å². The van der Waals surface area contributed by atoms with Crippen LogP contribution in [0.15, 0.2) is 18.2 Å². The number of sulfone groups is 1. The van der Waals surface area contributed by atoms with Crippen LogP contribution in [-0.4, -0.2) is 37.9 Å². The molecule has 3 nitrogen and oxygen atoms in total. The fourth-order valence-electron chi connectivity index (χ4n) is 2.05. The average molecular weight is 308 g/mol. The first kappa shape index (κ1) is 14.1. The Bertz CT molecular complexity index is 531. The molecule has 0 unspecified atom stereocenters. The van der Waals surface area contributed by atoms with Gasteiger partial charge in [-0.25, -0.2) is 8.42 Å². The van der Waals surface area contributed by atoms with Gasteiger partial charge in [-0.15, -0.1) is 0 Å². The molecule has 1 aromatic rings. The van der Waals surface area contributed by atoms with Crippen molar-refractivity contribution in [3.63, 3.8) is 0 Å². The highest BCUT2D eigenvalue weighted by Crippen LogP contribution is 2.22. The second kappa shape index (κ2) is 5.78. The highest BCUT2D eigenvalue weighted by molar-refractivity contribution is 7.91. The minimum atomic E-state index is -2.86. The van der Waals surface area contributed by atoms with Gasteiger partial charge in [-0.3, -0.25) is 4.90 Å². The smallest absolute Gasteiger partial charge is 0.151 e. The lowest BCUT2D eigenvalue weighted by atomic mass is 10.2. The molecule has 0 aliphatic carbocycles. The van der Waals surface area contributed by atoms with E-state index in [1.165, 1.54) is 0 Å². The van der Waals surface area contributed by atoms with Crippen molar-refractivity contribution < 1.29 is 8.42 Å². The van der Waals surface area contributed by atoms with Gasteiger partial charge in [0, 0.05) is 23.1 Å². The highest BCUT2D eigenvalue weighted by Gasteiger charge is 2.19. The molecule has 0 saturated carbocycles. The summed E-state index contributed by atoms with van der Waals surface area (Å²) in [5, 5.41) is 1.32. The van der Waals surface area contributed by atoms with E-state index in [-0.39, 0.29) is 11.5 Å². The number of hydrogen-bond acceptors (Lipinski definition) is 3. The van der Waals surface area contributed by atoms with Gasteiger partial charge in [-0.2, -0.15) is 0 Å². The van der Waals surface area contributed by atoms with Crippen LogP contribution in [0.4, 0.5) is 0 Å². The quantitative estimate of drug-likeness (QED) is 0.843. The molecule has 1 saturated heterocycles. The van der Waals surface area contributed by atoms with E-state index in [1.807, 2.05) is 6.07 Å². The number of hydrogen-bond donors (Lipinski definition) is 0. The van der Waals surface area contributed by atoms with Crippen molar-refractivity contribution in [3.8, 4) is 0 Å². The monoisotopic (exact) mass is 307 g/mol. The molecule has 1 aliphatic rings. The molecule has 2 rings (SSSR count). The molecule has 18 heavy (non-hydrogen) atoms. The van der Waals surface area contributed by atoms with E-state index in [0.29, 0.717) is 29.6 Å². The molecule has 0 amide bonds. The summed E-state index contributed by atoms with van der Waals surface area (Å²) in [6, 6.07) is 5.36. The molecule has 0 bridgehead atoms. The molecule has 1 aromatic carbocycles. The Morgan fingerprint density at radius 3 is 2.72 bits per heavy atom. The van der Waals surface area contributed by atoms with Crippen molar-refractivity contribution in [1.82, 2.24) is 4.90 Å². The van der Waals surface area contributed by atoms with Crippen molar-refractivity contribution in [1.29, 1.82) is 0 Å². The molecule has 100 valence electrons. The molecule has 1 aliphatic heterocycles. The lowest BCUT2D eigenvalue weighted by molar-refractivity contribution is 0.287. The Balaban J connectivity index is 2.07. The topological polar surface area (TPSA) is 37.4 Å². The van der Waals surface area contributed by atoms with Crippen molar-refractivity contribution in [2.45, 2.75) is 13.0 Å². The van der Waals surface area contributed by atoms with E-state index in [2.05, 4.69) is 4.90 Å². The molecule has 0 aromatic heterocycles. The van der Waals surface area contributed by atoms with Gasteiger partial charge in [0.15, 0.2) is 9.84 Å². The van der Waals surface area contributed by atoms with Crippen molar-refractivity contribution >= 4 is 33.0 Å². The fourth-order valence-corrected chi connectivity index (χ4v) is 3.74. The third kappa shape index (κ3) is 3.85. The molecule has 1 fully saturated rings. The maximum Gasteiger partial charge on any atom is 0.151 e. The van der Waals surface area contributed by atoms with Crippen LogP contribution < -0.4 is 0 Å². The number of rotatable bonds is 2. The molecule has 1 heterocycles. The van der Waals surface area contributed by atoms with Gasteiger partial charge in [-0.1, -0.05) is 23.2 Å². The molecule has 0 spiro atoms. The second-order valence-electron chi connectivity index (χ2n) is 4.52. The van der Waals surface area contributed by atoms with Crippen LogP contribution in [0.25, 0.3) is 0 Å². The largest absolute Gasteiger partial charge is 0.298 e. The maximum absolute atomic E-state index is 11.5. The molecular weight excluding hydrogens is 293 g/mol. The normalized spacial score (nSPS) is 20.6. The van der Waals surface area contributed by atoms with Crippen LogP contribution in [-0.2, 0) is 16.4 Å². The number of nitrogens with zero attached hydrogens (tertiary/aromatic N) is 1. The van der Waals surface area contributed by atoms with Gasteiger partial charge in [0.05, 0.1) is 11.5 Å². The summed E-state index contributed by atoms with van der Waals surface area (Å²) < 4.78 is 23.0. The maximum atomic E-state index is 11.5. The Kier molecular flexibility index (Phi) is 4.54. The van der Waals surface area contributed by atoms with E-state index in [9.17, 15) is 8.42 Å². The summed E-state index contributed by atoms with van der Waals surface area (Å²) >= 11 is 12.0.